The number of hydrogen-bond donors (Lipinski definition) is 0. The van der Waals surface area contributed by atoms with E-state index >= 15 is 0 Å². The average molecular weight is 382 g/mol. The minimum atomic E-state index is -0.366. The van der Waals surface area contributed by atoms with E-state index in [9.17, 15) is 9.59 Å². The molecule has 6 heteroatoms. The van der Waals surface area contributed by atoms with Gasteiger partial charge in [-0.1, -0.05) is 53.7 Å². The summed E-state index contributed by atoms with van der Waals surface area (Å²) in [6.07, 6.45) is 0. The van der Waals surface area contributed by atoms with Crippen LogP contribution in [0.4, 0.5) is 0 Å². The minimum Gasteiger partial charge on any atom is -0.383 e. The van der Waals surface area contributed by atoms with Crippen molar-refractivity contribution in [2.24, 2.45) is 0 Å². The van der Waals surface area contributed by atoms with Gasteiger partial charge < -0.3 is 4.74 Å². The van der Waals surface area contributed by atoms with Gasteiger partial charge in [-0.2, -0.15) is 0 Å². The molecule has 0 unspecified atom stereocenters. The Morgan fingerprint density at radius 2 is 1.89 bits per heavy atom. The van der Waals surface area contributed by atoms with Gasteiger partial charge in [0.05, 0.1) is 29.3 Å². The van der Waals surface area contributed by atoms with Gasteiger partial charge in [-0.15, -0.1) is 0 Å². The number of hydrogen-bond acceptors (Lipinski definition) is 5. The highest BCUT2D eigenvalue weighted by atomic mass is 32.2. The minimum absolute atomic E-state index is 0.0145. The van der Waals surface area contributed by atoms with Crippen LogP contribution in [0.5, 0.6) is 0 Å². The normalized spacial score (nSPS) is 12.3. The van der Waals surface area contributed by atoms with Crippen LogP contribution in [-0.2, 0) is 11.3 Å². The first-order chi connectivity index (χ1) is 13.0. The Morgan fingerprint density at radius 1 is 1.19 bits per heavy atom. The fourth-order valence-corrected chi connectivity index (χ4v) is 3.79. The van der Waals surface area contributed by atoms with Crippen molar-refractivity contribution in [1.82, 2.24) is 9.55 Å². The first kappa shape index (κ1) is 19.3. The second-order valence-corrected chi connectivity index (χ2v) is 7.66. The van der Waals surface area contributed by atoms with Crippen LogP contribution in [0.15, 0.2) is 58.5 Å². The van der Waals surface area contributed by atoms with E-state index in [2.05, 4.69) is 4.98 Å². The molecular weight excluding hydrogens is 360 g/mol. The number of aryl methyl sites for hydroxylation is 1. The number of rotatable bonds is 7. The summed E-state index contributed by atoms with van der Waals surface area (Å²) in [5, 5.41) is 0.730. The standard InChI is InChI=1S/C21H22N2O3S/c1-14-8-10-16(11-9-14)19(24)15(2)27-21-22-18-7-5-4-6-17(18)20(25)23(21)12-13-26-3/h4-11,15H,12-13H2,1-3H3/t15-/m0/s1. The van der Waals surface area contributed by atoms with Gasteiger partial charge in [0, 0.05) is 12.7 Å². The van der Waals surface area contributed by atoms with E-state index in [0.717, 1.165) is 5.56 Å². The monoisotopic (exact) mass is 382 g/mol. The topological polar surface area (TPSA) is 61.2 Å². The highest BCUT2D eigenvalue weighted by molar-refractivity contribution is 8.00. The molecule has 0 spiro atoms. The number of methoxy groups -OCH3 is 1. The molecule has 3 aromatic rings. The van der Waals surface area contributed by atoms with Crippen molar-refractivity contribution in [3.8, 4) is 0 Å². The van der Waals surface area contributed by atoms with Gasteiger partial charge in [-0.05, 0) is 26.0 Å². The Labute approximate surface area is 162 Å². The summed E-state index contributed by atoms with van der Waals surface area (Å²) in [5.41, 5.74) is 2.28. The SMILES string of the molecule is COCCn1c(S[C@@H](C)C(=O)c2ccc(C)cc2)nc2ccccc2c1=O. The van der Waals surface area contributed by atoms with Gasteiger partial charge in [0.15, 0.2) is 10.9 Å². The van der Waals surface area contributed by atoms with E-state index in [0.29, 0.717) is 34.8 Å². The van der Waals surface area contributed by atoms with Crippen molar-refractivity contribution in [3.05, 3.63) is 70.0 Å². The molecule has 0 N–H and O–H groups in total. The number of thioether (sulfide) groups is 1. The maximum atomic E-state index is 12.9. The number of benzene rings is 2. The van der Waals surface area contributed by atoms with Crippen LogP contribution in [0.2, 0.25) is 0 Å². The molecule has 5 nitrogen and oxygen atoms in total. The van der Waals surface area contributed by atoms with Crippen LogP contribution < -0.4 is 5.56 Å². The number of carbonyl (C=O) groups is 1. The molecule has 1 atom stereocenters. The van der Waals surface area contributed by atoms with E-state index in [4.69, 9.17) is 4.74 Å². The number of Topliss-reactive ketones (excluding diaryl/α,β-unsaturated/α-hetero) is 1. The van der Waals surface area contributed by atoms with Crippen molar-refractivity contribution in [3.63, 3.8) is 0 Å². The summed E-state index contributed by atoms with van der Waals surface area (Å²) in [4.78, 5) is 30.3. The molecule has 0 saturated carbocycles. The second kappa shape index (κ2) is 8.50. The Bertz CT molecular complexity index is 1010. The van der Waals surface area contributed by atoms with E-state index in [1.165, 1.54) is 11.8 Å². The van der Waals surface area contributed by atoms with Crippen molar-refractivity contribution >= 4 is 28.4 Å². The van der Waals surface area contributed by atoms with Crippen LogP contribution in [0.25, 0.3) is 10.9 Å². The molecule has 3 rings (SSSR count). The summed E-state index contributed by atoms with van der Waals surface area (Å²) in [6, 6.07) is 14.8. The van der Waals surface area contributed by atoms with Crippen molar-refractivity contribution in [1.29, 1.82) is 0 Å². The van der Waals surface area contributed by atoms with Crippen LogP contribution in [0.1, 0.15) is 22.8 Å². The zero-order chi connectivity index (χ0) is 19.4. The molecule has 140 valence electrons. The molecule has 1 heterocycles. The number of ketones is 1. The Hall–Kier alpha value is -2.44. The first-order valence-corrected chi connectivity index (χ1v) is 9.65. The van der Waals surface area contributed by atoms with Gasteiger partial charge >= 0.3 is 0 Å². The van der Waals surface area contributed by atoms with Gasteiger partial charge in [0.2, 0.25) is 0 Å². The zero-order valence-electron chi connectivity index (χ0n) is 15.6. The molecule has 0 fully saturated rings. The second-order valence-electron chi connectivity index (χ2n) is 6.35. The lowest BCUT2D eigenvalue weighted by Gasteiger charge is -2.16. The van der Waals surface area contributed by atoms with Crippen LogP contribution in [0.3, 0.4) is 0 Å². The Morgan fingerprint density at radius 3 is 2.59 bits per heavy atom. The number of nitrogens with zero attached hydrogens (tertiary/aromatic N) is 2. The highest BCUT2D eigenvalue weighted by Gasteiger charge is 2.20. The molecule has 0 aliphatic rings. The number of aromatic nitrogens is 2. The average Bonchev–Trinajstić information content (AvgIpc) is 2.68. The number of ether oxygens (including phenoxy) is 1. The fourth-order valence-electron chi connectivity index (χ4n) is 2.78. The predicted molar refractivity (Wildman–Crippen MR) is 109 cm³/mol. The Kier molecular flexibility index (Phi) is 6.08. The molecule has 0 saturated heterocycles. The van der Waals surface area contributed by atoms with Crippen LogP contribution in [-0.4, -0.2) is 34.3 Å². The molecule has 0 bridgehead atoms. The lowest BCUT2D eigenvalue weighted by molar-refractivity contribution is 0.0994. The molecule has 2 aromatic carbocycles. The van der Waals surface area contributed by atoms with E-state index in [1.54, 1.807) is 17.7 Å². The van der Waals surface area contributed by atoms with Crippen LogP contribution in [0, 0.1) is 6.92 Å². The molecule has 27 heavy (non-hydrogen) atoms. The Balaban J connectivity index is 1.95. The van der Waals surface area contributed by atoms with Crippen molar-refractivity contribution in [2.75, 3.05) is 13.7 Å². The summed E-state index contributed by atoms with van der Waals surface area (Å²) in [6.45, 7) is 4.61. The van der Waals surface area contributed by atoms with Crippen molar-refractivity contribution < 1.29 is 9.53 Å². The van der Waals surface area contributed by atoms with Crippen LogP contribution >= 0.6 is 11.8 Å². The maximum absolute atomic E-state index is 12.9. The summed E-state index contributed by atoms with van der Waals surface area (Å²) in [7, 11) is 1.59. The number of carbonyl (C=O) groups excluding carboxylic acids is 1. The fraction of sp³-hybridized carbons (Fsp3) is 0.286. The smallest absolute Gasteiger partial charge is 0.262 e. The van der Waals surface area contributed by atoms with Gasteiger partial charge in [-0.25, -0.2) is 4.98 Å². The summed E-state index contributed by atoms with van der Waals surface area (Å²) < 4.78 is 6.73. The predicted octanol–water partition coefficient (Wildman–Crippen LogP) is 3.71. The quantitative estimate of drug-likeness (QED) is 0.354. The summed E-state index contributed by atoms with van der Waals surface area (Å²) >= 11 is 1.30. The lowest BCUT2D eigenvalue weighted by atomic mass is 10.1. The molecule has 0 aliphatic heterocycles. The number of fused-ring (bicyclic) bond motifs is 1. The lowest BCUT2D eigenvalue weighted by Crippen LogP contribution is -2.26. The third kappa shape index (κ3) is 4.28. The molecule has 0 aliphatic carbocycles. The highest BCUT2D eigenvalue weighted by Crippen LogP contribution is 2.25. The number of para-hydroxylation sites is 1. The van der Waals surface area contributed by atoms with E-state index in [1.807, 2.05) is 56.3 Å². The van der Waals surface area contributed by atoms with Gasteiger partial charge in [0.1, 0.15) is 0 Å². The largest absolute Gasteiger partial charge is 0.383 e. The van der Waals surface area contributed by atoms with E-state index < -0.39 is 0 Å². The third-order valence-corrected chi connectivity index (χ3v) is 5.42. The molecule has 0 amide bonds. The molecule has 1 aromatic heterocycles. The van der Waals surface area contributed by atoms with Gasteiger partial charge in [-0.3, -0.25) is 14.2 Å². The zero-order valence-corrected chi connectivity index (χ0v) is 16.5. The van der Waals surface area contributed by atoms with Gasteiger partial charge in [0.25, 0.3) is 5.56 Å². The summed E-state index contributed by atoms with van der Waals surface area (Å²) in [5.74, 6) is 0.0145. The van der Waals surface area contributed by atoms with E-state index in [-0.39, 0.29) is 16.6 Å². The molecular formula is C21H22N2O3S. The third-order valence-electron chi connectivity index (χ3n) is 4.33. The van der Waals surface area contributed by atoms with Crippen molar-refractivity contribution in [2.45, 2.75) is 30.8 Å². The first-order valence-electron chi connectivity index (χ1n) is 8.77. The molecule has 0 radical (unpaired) electrons. The maximum Gasteiger partial charge on any atom is 0.262 e.